The first-order valence-electron chi connectivity index (χ1n) is 40.5. The van der Waals surface area contributed by atoms with Gasteiger partial charge in [-0.2, -0.15) is 0 Å². The summed E-state index contributed by atoms with van der Waals surface area (Å²) in [7, 11) is 9.67. The molecule has 10 N–H and O–H groups in total. The van der Waals surface area contributed by atoms with E-state index in [4.69, 9.17) is 47.4 Å². The predicted octanol–water partition coefficient (Wildman–Crippen LogP) is 6.71. The predicted molar refractivity (Wildman–Crippen MR) is 464 cm³/mol. The second-order valence-corrected chi connectivity index (χ2v) is 28.9. The normalized spacial score (nSPS) is 11.2. The Bertz CT molecular complexity index is 5500. The topological polar surface area (TPSA) is 455 Å². The first-order chi connectivity index (χ1) is 60.7. The van der Waals surface area contributed by atoms with E-state index in [2.05, 4.69) is 74.4 Å². The van der Waals surface area contributed by atoms with Crippen molar-refractivity contribution >= 4 is 98.3 Å². The molecule has 126 heavy (non-hydrogen) atoms. The van der Waals surface area contributed by atoms with E-state index in [1.54, 1.807) is 110 Å². The zero-order valence-electron chi connectivity index (χ0n) is 71.7. The number of nitrogens with one attached hydrogen (secondary N) is 10. The van der Waals surface area contributed by atoms with Crippen molar-refractivity contribution in [2.45, 2.75) is 40.0 Å². The van der Waals surface area contributed by atoms with Crippen LogP contribution in [-0.4, -0.2) is 239 Å². The third-order valence-electron chi connectivity index (χ3n) is 19.0. The van der Waals surface area contributed by atoms with Crippen LogP contribution < -0.4 is 62.9 Å². The molecule has 0 spiro atoms. The molecular formula is C86H106FN19O20. The number of benzene rings is 3. The van der Waals surface area contributed by atoms with Crippen molar-refractivity contribution in [2.75, 3.05) is 165 Å². The van der Waals surface area contributed by atoms with Crippen molar-refractivity contribution in [3.63, 3.8) is 0 Å². The van der Waals surface area contributed by atoms with Crippen LogP contribution in [0.5, 0.6) is 17.2 Å². The Morgan fingerprint density at radius 3 is 1.39 bits per heavy atom. The minimum Gasteiger partial charge on any atom is -0.491 e. The van der Waals surface area contributed by atoms with Crippen LogP contribution >= 0.6 is 0 Å². The second-order valence-electron chi connectivity index (χ2n) is 28.9. The lowest BCUT2D eigenvalue weighted by molar-refractivity contribution is -0.121. The largest absolute Gasteiger partial charge is 0.491 e. The number of aromatic amines is 1. The van der Waals surface area contributed by atoms with E-state index in [-0.39, 0.29) is 127 Å². The first kappa shape index (κ1) is 94.8. The lowest BCUT2D eigenvalue weighted by atomic mass is 9.98. The SMILES string of the molecule is C=C(C)c1ccc(Oc2c(C)cc(F)cc2C)c(-c2cn(C)c(=O)c3[nH]c(C(=O)Nc4ccc(OCCOCCOCCOCCOCCOCCOCCOCCOCCNC(=O)CCNC(=O)c5nc(NC(=O)CCNC(=O)c6cc(NC(=O)c7nc(NC(=O)CCNC(=O)c8cc(NC(=O)c9nccn9C)cn8C)cn7C)cn6C)cn5C)cc4)cc23)c1. The van der Waals surface area contributed by atoms with Gasteiger partial charge in [-0.25, -0.2) is 19.3 Å². The fourth-order valence-electron chi connectivity index (χ4n) is 12.7. The Labute approximate surface area is 724 Å². The molecule has 0 fully saturated rings. The van der Waals surface area contributed by atoms with Crippen molar-refractivity contribution in [2.24, 2.45) is 42.3 Å². The van der Waals surface area contributed by atoms with Crippen LogP contribution in [0.3, 0.4) is 0 Å². The molecule has 0 bridgehead atoms. The molecule has 39 nitrogen and oxygen atoms in total. The number of nitrogens with zero attached hydrogens (tertiary/aromatic N) is 9. The third kappa shape index (κ3) is 28.3. The van der Waals surface area contributed by atoms with Crippen LogP contribution in [0.2, 0.25) is 0 Å². The molecule has 0 aliphatic rings. The maximum atomic E-state index is 14.2. The number of anilines is 5. The summed E-state index contributed by atoms with van der Waals surface area (Å²) in [5.74, 6) is -2.95. The Kier molecular flexibility index (Phi) is 35.7. The highest BCUT2D eigenvalue weighted by Crippen LogP contribution is 2.41. The fraction of sp³-hybridized carbons (Fsp3) is 0.384. The van der Waals surface area contributed by atoms with Crippen molar-refractivity contribution in [3.05, 3.63) is 190 Å². The number of amides is 9. The molecule has 10 rings (SSSR count). The molecule has 7 heterocycles. The molecule has 0 saturated carbocycles. The summed E-state index contributed by atoms with van der Waals surface area (Å²) in [6.07, 6.45) is 10.5. The van der Waals surface area contributed by atoms with Crippen molar-refractivity contribution in [1.82, 2.24) is 68.6 Å². The Morgan fingerprint density at radius 1 is 0.437 bits per heavy atom. The van der Waals surface area contributed by atoms with Crippen LogP contribution in [0.15, 0.2) is 128 Å². The minimum absolute atomic E-state index is 0.0124. The Hall–Kier alpha value is -13.5. The standard InChI is InChI=1S/C86H106FN19O20/c1-54(2)57-11-16-69(126-76-55(3)43-58(87)44-56(76)4)63(45-57)65-51-106(10)86(116)75-64(65)48-66(96-75)80(110)93-59-12-14-62(15-13-59)125-42-41-124-40-39-123-38-37-122-36-35-121-34-33-120-32-31-119-30-29-118-28-27-117-26-24-88-72(107)17-20-92-83(113)78-99-70(52-104(78)8)97-73(108)18-21-91-82(112)68-47-61(50-103(68)7)95-85(115)79-100-71(53-105(79)9)98-74(109)19-22-90-81(111)67-46-60(49-102(67)6)94-84(114)77-89-23-25-101(77)5/h11-16,23,25,43-53,96H,1,17-22,24,26-42H2,2-10H3,(H,88,107)(H,90,111)(H,91,112)(H,92,113)(H,93,110)(H,94,114)(H,95,115)(H,97,108)(H,98,109). The smallest absolute Gasteiger partial charge is 0.291 e. The van der Waals surface area contributed by atoms with Gasteiger partial charge in [0, 0.05) is 153 Å². The summed E-state index contributed by atoms with van der Waals surface area (Å²) in [5.41, 5.74) is 5.83. The molecular weight excluding hydrogens is 1640 g/mol. The van der Waals surface area contributed by atoms with Crippen molar-refractivity contribution in [3.8, 4) is 28.4 Å². The summed E-state index contributed by atoms with van der Waals surface area (Å²) in [6, 6.07) is 19.9. The van der Waals surface area contributed by atoms with Crippen LogP contribution in [0.25, 0.3) is 27.6 Å². The molecule has 0 aliphatic carbocycles. The van der Waals surface area contributed by atoms with Crippen LogP contribution in [0.4, 0.5) is 33.1 Å². The monoisotopic (exact) mass is 1740 g/mol. The van der Waals surface area contributed by atoms with Gasteiger partial charge in [0.25, 0.3) is 41.0 Å². The van der Waals surface area contributed by atoms with E-state index in [1.165, 1.54) is 71.9 Å². The highest BCUT2D eigenvalue weighted by Gasteiger charge is 2.25. The highest BCUT2D eigenvalue weighted by molar-refractivity contribution is 6.09. The Morgan fingerprint density at radius 2 is 0.897 bits per heavy atom. The van der Waals surface area contributed by atoms with E-state index in [0.717, 1.165) is 11.1 Å². The first-order valence-corrected chi connectivity index (χ1v) is 40.5. The zero-order valence-corrected chi connectivity index (χ0v) is 71.7. The van der Waals surface area contributed by atoms with Gasteiger partial charge in [-0.1, -0.05) is 18.2 Å². The number of hydrogen-bond donors (Lipinski definition) is 10. The summed E-state index contributed by atoms with van der Waals surface area (Å²) in [5, 5.41) is 24.7. The number of halogens is 1. The van der Waals surface area contributed by atoms with Crippen LogP contribution in [0, 0.1) is 19.7 Å². The van der Waals surface area contributed by atoms with Gasteiger partial charge in [-0.05, 0) is 104 Å². The highest BCUT2D eigenvalue weighted by atomic mass is 19.1. The molecule has 672 valence electrons. The van der Waals surface area contributed by atoms with E-state index >= 15 is 0 Å². The quantitative estimate of drug-likeness (QED) is 0.0177. The summed E-state index contributed by atoms with van der Waals surface area (Å²) in [6.45, 7) is 15.9. The number of aryl methyl sites for hydroxylation is 8. The van der Waals surface area contributed by atoms with Gasteiger partial charge in [0.05, 0.1) is 117 Å². The van der Waals surface area contributed by atoms with Crippen LogP contribution in [0.1, 0.15) is 106 Å². The van der Waals surface area contributed by atoms with Gasteiger partial charge < -0.3 is 128 Å². The third-order valence-corrected chi connectivity index (χ3v) is 19.0. The lowest BCUT2D eigenvalue weighted by Gasteiger charge is -2.17. The lowest BCUT2D eigenvalue weighted by Crippen LogP contribution is -2.33. The fourth-order valence-corrected chi connectivity index (χ4v) is 12.7. The summed E-state index contributed by atoms with van der Waals surface area (Å²) in [4.78, 5) is 146. The number of allylic oxidation sites excluding steroid dienone is 1. The minimum atomic E-state index is -0.643. The number of rotatable bonds is 52. The number of ether oxygens (including phenoxy) is 10. The molecule has 10 aromatic rings. The van der Waals surface area contributed by atoms with Gasteiger partial charge in [0.1, 0.15) is 52.3 Å². The summed E-state index contributed by atoms with van der Waals surface area (Å²) >= 11 is 0. The van der Waals surface area contributed by atoms with E-state index in [0.29, 0.717) is 162 Å². The number of carbonyl (C=O) groups excluding carboxylic acids is 9. The summed E-state index contributed by atoms with van der Waals surface area (Å²) < 4.78 is 79.9. The van der Waals surface area contributed by atoms with Crippen LogP contribution in [-0.2, 0) is 94.6 Å². The zero-order chi connectivity index (χ0) is 90.2. The van der Waals surface area contributed by atoms with Gasteiger partial charge in [-0.3, -0.25) is 47.9 Å². The van der Waals surface area contributed by atoms with Gasteiger partial charge in [-0.15, -0.1) is 0 Å². The molecule has 0 atom stereocenters. The van der Waals surface area contributed by atoms with E-state index < -0.39 is 47.3 Å². The maximum Gasteiger partial charge on any atom is 0.291 e. The molecule has 7 aromatic heterocycles. The van der Waals surface area contributed by atoms with Crippen molar-refractivity contribution in [1.29, 1.82) is 0 Å². The molecule has 0 aliphatic heterocycles. The number of imidazole rings is 3. The molecule has 3 aromatic carbocycles. The average molecular weight is 1740 g/mol. The molecule has 9 amide bonds. The number of carbonyl (C=O) groups is 9. The average Bonchev–Trinajstić information content (AvgIpc) is 1.50. The molecule has 0 radical (unpaired) electrons. The number of fused-ring (bicyclic) bond motifs is 1. The van der Waals surface area contributed by atoms with E-state index in [1.807, 2.05) is 25.1 Å². The molecule has 0 unspecified atom stereocenters. The number of H-pyrrole nitrogens is 1. The van der Waals surface area contributed by atoms with Gasteiger partial charge >= 0.3 is 0 Å². The second kappa shape index (κ2) is 47.4. The molecule has 0 saturated heterocycles. The molecule has 40 heteroatoms. The number of pyridine rings is 1. The van der Waals surface area contributed by atoms with Gasteiger partial charge in [0.15, 0.2) is 17.5 Å². The van der Waals surface area contributed by atoms with E-state index in [9.17, 15) is 52.3 Å². The van der Waals surface area contributed by atoms with Gasteiger partial charge in [0.2, 0.25) is 29.4 Å². The van der Waals surface area contributed by atoms with Crippen molar-refractivity contribution < 1.29 is 94.9 Å². The number of hydrogen-bond acceptors (Lipinski definition) is 23. The maximum absolute atomic E-state index is 14.2. The Balaban J connectivity index is 0.473. The number of aromatic nitrogens is 10.